The van der Waals surface area contributed by atoms with Crippen molar-refractivity contribution in [1.29, 1.82) is 0 Å². The van der Waals surface area contributed by atoms with Gasteiger partial charge in [0.2, 0.25) is 0 Å². The van der Waals surface area contributed by atoms with Crippen LogP contribution in [-0.4, -0.2) is 30.7 Å². The molecule has 6 N–H and O–H groups in total. The molecule has 0 aliphatic heterocycles. The van der Waals surface area contributed by atoms with Gasteiger partial charge in [0.15, 0.2) is 0 Å². The van der Waals surface area contributed by atoms with Gasteiger partial charge >= 0.3 is 5.95 Å². The van der Waals surface area contributed by atoms with Gasteiger partial charge in [-0.25, -0.2) is 9.13 Å². The average molecular weight is 445 g/mol. The Labute approximate surface area is 195 Å². The lowest BCUT2D eigenvalue weighted by Crippen LogP contribution is -2.38. The number of imidazole rings is 1. The number of hydrogen-bond donors (Lipinski definition) is 4. The highest BCUT2D eigenvalue weighted by molar-refractivity contribution is 5.56. The molecule has 0 saturated heterocycles. The molecule has 0 saturated carbocycles. The Bertz CT molecular complexity index is 691. The maximum absolute atomic E-state index is 5.72. The topological polar surface area (TPSA) is 88.2 Å². The number of unbranched alkanes of at least 4 members (excludes halogenated alkanes) is 4. The van der Waals surface area contributed by atoms with E-state index < -0.39 is 0 Å². The van der Waals surface area contributed by atoms with Gasteiger partial charge < -0.3 is 16.4 Å². The molecule has 0 atom stereocenters. The summed E-state index contributed by atoms with van der Waals surface area (Å²) in [6.07, 6.45) is 13.7. The van der Waals surface area contributed by atoms with E-state index in [0.717, 1.165) is 50.7 Å². The molecule has 0 spiro atoms. The van der Waals surface area contributed by atoms with Crippen LogP contribution >= 0.6 is 0 Å². The summed E-state index contributed by atoms with van der Waals surface area (Å²) in [6.45, 7) is 9.95. The van der Waals surface area contributed by atoms with Gasteiger partial charge in [-0.1, -0.05) is 39.5 Å². The predicted octanol–water partition coefficient (Wildman–Crippen LogP) is 4.10. The molecular formula is C25H46N7+. The van der Waals surface area contributed by atoms with Crippen LogP contribution in [0.1, 0.15) is 65.2 Å². The lowest BCUT2D eigenvalue weighted by Gasteiger charge is -2.25. The van der Waals surface area contributed by atoms with Crippen LogP contribution in [0.5, 0.6) is 0 Å². The number of benzene rings is 1. The lowest BCUT2D eigenvalue weighted by molar-refractivity contribution is -0.682. The molecule has 1 aromatic heterocycles. The highest BCUT2D eigenvalue weighted by Crippen LogP contribution is 2.20. The van der Waals surface area contributed by atoms with Crippen molar-refractivity contribution in [3.63, 3.8) is 0 Å². The first kappa shape index (κ1) is 26.0. The molecule has 0 fully saturated rings. The molecule has 180 valence electrons. The fraction of sp³-hybridized carbons (Fsp3) is 0.640. The summed E-state index contributed by atoms with van der Waals surface area (Å²) in [4.78, 5) is 2.54. The molecule has 1 aromatic carbocycles. The minimum atomic E-state index is 0.683. The van der Waals surface area contributed by atoms with Gasteiger partial charge in [-0.05, 0) is 63.0 Å². The van der Waals surface area contributed by atoms with Crippen molar-refractivity contribution < 1.29 is 4.57 Å². The monoisotopic (exact) mass is 444 g/mol. The van der Waals surface area contributed by atoms with Crippen LogP contribution in [0, 0.1) is 0 Å². The van der Waals surface area contributed by atoms with Gasteiger partial charge in [-0.3, -0.25) is 5.43 Å². The Hall–Kier alpha value is -2.25. The van der Waals surface area contributed by atoms with E-state index in [0.29, 0.717) is 13.1 Å². The van der Waals surface area contributed by atoms with Gasteiger partial charge in [0.05, 0.1) is 31.2 Å². The molecule has 2 rings (SSSR count). The molecule has 0 aliphatic rings. The quantitative estimate of drug-likeness (QED) is 0.158. The van der Waals surface area contributed by atoms with Gasteiger partial charge in [-0.15, -0.1) is 0 Å². The molecule has 0 radical (unpaired) electrons. The Kier molecular flexibility index (Phi) is 12.6. The van der Waals surface area contributed by atoms with E-state index in [1.807, 2.05) is 0 Å². The van der Waals surface area contributed by atoms with E-state index >= 15 is 0 Å². The van der Waals surface area contributed by atoms with Gasteiger partial charge in [0.1, 0.15) is 0 Å². The van der Waals surface area contributed by atoms with E-state index in [9.17, 15) is 0 Å². The fourth-order valence-electron chi connectivity index (χ4n) is 3.85. The highest BCUT2D eigenvalue weighted by Gasteiger charge is 2.16. The molecule has 0 aliphatic carbocycles. The Morgan fingerprint density at radius 2 is 1.50 bits per heavy atom. The number of hydrazine groups is 1. The Morgan fingerprint density at radius 1 is 0.844 bits per heavy atom. The number of hydrogen-bond acceptors (Lipinski definition) is 5. The third kappa shape index (κ3) is 8.71. The van der Waals surface area contributed by atoms with E-state index in [2.05, 4.69) is 75.4 Å². The lowest BCUT2D eigenvalue weighted by atomic mass is 10.2. The summed E-state index contributed by atoms with van der Waals surface area (Å²) in [5.74, 6) is 1.02. The van der Waals surface area contributed by atoms with E-state index in [1.54, 1.807) is 0 Å². The van der Waals surface area contributed by atoms with Crippen LogP contribution in [-0.2, 0) is 13.1 Å². The third-order valence-electron chi connectivity index (χ3n) is 5.79. The number of aryl methyl sites for hydroxylation is 2. The second kappa shape index (κ2) is 15.5. The predicted molar refractivity (Wildman–Crippen MR) is 137 cm³/mol. The number of aromatic nitrogens is 2. The smallest absolute Gasteiger partial charge is 0.372 e. The SMILES string of the molecule is CCCCCN(CCCCC)c1ccc(NNc2n(CCCN)cc[n+]2CCCN)cc1. The summed E-state index contributed by atoms with van der Waals surface area (Å²) in [7, 11) is 0. The molecular weight excluding hydrogens is 398 g/mol. The summed E-state index contributed by atoms with van der Waals surface area (Å²) in [6, 6.07) is 8.79. The standard InChI is InChI=1S/C25H45N7/c1-3-5-7-17-30(18-8-6-4-2)24-13-11-23(12-14-24)28-29-25-31(19-9-15-26)21-22-32(25)20-10-16-27/h11-14,21-22,28H,3-10,15-20,26-27H2,1-2H3/p+1. The molecule has 0 amide bonds. The number of rotatable bonds is 18. The summed E-state index contributed by atoms with van der Waals surface area (Å²) < 4.78 is 4.40. The summed E-state index contributed by atoms with van der Waals surface area (Å²) in [5.41, 5.74) is 20.6. The highest BCUT2D eigenvalue weighted by atomic mass is 15.4. The Balaban J connectivity index is 2.02. The zero-order valence-electron chi connectivity index (χ0n) is 20.4. The van der Waals surface area contributed by atoms with Crippen LogP contribution in [0.2, 0.25) is 0 Å². The maximum atomic E-state index is 5.72. The molecule has 1 heterocycles. The molecule has 0 bridgehead atoms. The first-order valence-electron chi connectivity index (χ1n) is 12.6. The second-order valence-corrected chi connectivity index (χ2v) is 8.49. The first-order chi connectivity index (χ1) is 15.7. The molecule has 7 nitrogen and oxygen atoms in total. The van der Waals surface area contributed by atoms with Crippen LogP contribution < -0.4 is 31.8 Å². The van der Waals surface area contributed by atoms with Crippen molar-refractivity contribution in [1.82, 2.24) is 4.57 Å². The number of nitrogens with two attached hydrogens (primary N) is 2. The van der Waals surface area contributed by atoms with Crippen LogP contribution in [0.3, 0.4) is 0 Å². The summed E-state index contributed by atoms with van der Waals surface area (Å²) in [5, 5.41) is 0. The first-order valence-corrected chi connectivity index (χ1v) is 12.6. The van der Waals surface area contributed by atoms with Gasteiger partial charge in [0, 0.05) is 18.8 Å². The van der Waals surface area contributed by atoms with Crippen LogP contribution in [0.25, 0.3) is 0 Å². The van der Waals surface area contributed by atoms with Crippen molar-refractivity contribution in [2.45, 2.75) is 78.3 Å². The van der Waals surface area contributed by atoms with E-state index in [-0.39, 0.29) is 0 Å². The zero-order chi connectivity index (χ0) is 23.0. The molecule has 0 unspecified atom stereocenters. The van der Waals surface area contributed by atoms with Crippen molar-refractivity contribution in [2.24, 2.45) is 11.5 Å². The third-order valence-corrected chi connectivity index (χ3v) is 5.79. The van der Waals surface area contributed by atoms with Gasteiger partial charge in [-0.2, -0.15) is 5.43 Å². The molecule has 7 heteroatoms. The maximum Gasteiger partial charge on any atom is 0.379 e. The fourth-order valence-corrected chi connectivity index (χ4v) is 3.85. The Morgan fingerprint density at radius 3 is 2.09 bits per heavy atom. The van der Waals surface area contributed by atoms with Crippen LogP contribution in [0.4, 0.5) is 17.3 Å². The molecule has 2 aromatic rings. The van der Waals surface area contributed by atoms with Crippen molar-refractivity contribution in [3.8, 4) is 0 Å². The second-order valence-electron chi connectivity index (χ2n) is 8.49. The number of anilines is 3. The minimum Gasteiger partial charge on any atom is -0.372 e. The van der Waals surface area contributed by atoms with Crippen LogP contribution in [0.15, 0.2) is 36.7 Å². The zero-order valence-corrected chi connectivity index (χ0v) is 20.4. The largest absolute Gasteiger partial charge is 0.379 e. The van der Waals surface area contributed by atoms with Crippen molar-refractivity contribution in [3.05, 3.63) is 36.7 Å². The minimum absolute atomic E-state index is 0.683. The number of nitrogens with one attached hydrogen (secondary N) is 2. The van der Waals surface area contributed by atoms with Crippen molar-refractivity contribution >= 4 is 17.3 Å². The molecule has 32 heavy (non-hydrogen) atoms. The van der Waals surface area contributed by atoms with Crippen molar-refractivity contribution in [2.75, 3.05) is 41.9 Å². The normalized spacial score (nSPS) is 11.0. The van der Waals surface area contributed by atoms with E-state index in [4.69, 9.17) is 11.5 Å². The average Bonchev–Trinajstić information content (AvgIpc) is 3.21. The van der Waals surface area contributed by atoms with Gasteiger partial charge in [0.25, 0.3) is 0 Å². The van der Waals surface area contributed by atoms with E-state index in [1.165, 1.54) is 44.2 Å². The number of nitrogens with zero attached hydrogens (tertiary/aromatic N) is 3. The summed E-state index contributed by atoms with van der Waals surface area (Å²) >= 11 is 0.